The van der Waals surface area contributed by atoms with E-state index in [1.165, 1.54) is 11.8 Å². The van der Waals surface area contributed by atoms with Crippen molar-refractivity contribution < 1.29 is 14.3 Å². The van der Waals surface area contributed by atoms with Crippen molar-refractivity contribution in [3.05, 3.63) is 75.9 Å². The van der Waals surface area contributed by atoms with E-state index in [1.54, 1.807) is 12.0 Å². The Morgan fingerprint density at radius 2 is 1.89 bits per heavy atom. The number of carbonyl (C=O) groups is 2. The summed E-state index contributed by atoms with van der Waals surface area (Å²) < 4.78 is 6.93. The molecular formula is C29H35ClN4O3S. The maximum Gasteiger partial charge on any atom is 0.240 e. The molecule has 38 heavy (non-hydrogen) atoms. The van der Waals surface area contributed by atoms with Gasteiger partial charge in [-0.05, 0) is 36.6 Å². The fourth-order valence-corrected chi connectivity index (χ4v) is 6.16. The molecule has 0 spiro atoms. The molecular weight excluding hydrogens is 520 g/mol. The molecule has 1 unspecified atom stereocenters. The third-order valence-electron chi connectivity index (χ3n) is 6.48. The second-order valence-corrected chi connectivity index (χ2v) is 11.9. The van der Waals surface area contributed by atoms with Crippen LogP contribution in [0, 0.1) is 6.92 Å². The van der Waals surface area contributed by atoms with Crippen LogP contribution in [0.1, 0.15) is 54.8 Å². The molecule has 3 aromatic rings. The topological polar surface area (TPSA) is 76.5 Å². The molecule has 0 saturated heterocycles. The van der Waals surface area contributed by atoms with Crippen LogP contribution in [0.2, 0.25) is 5.02 Å². The second-order valence-electron chi connectivity index (χ2n) is 10.4. The van der Waals surface area contributed by atoms with Gasteiger partial charge >= 0.3 is 0 Å². The summed E-state index contributed by atoms with van der Waals surface area (Å²) in [5, 5.41) is 8.47. The zero-order valence-corrected chi connectivity index (χ0v) is 24.2. The lowest BCUT2D eigenvalue weighted by Gasteiger charge is -2.25. The van der Waals surface area contributed by atoms with Gasteiger partial charge in [-0.25, -0.2) is 4.68 Å². The molecule has 7 nitrogen and oxygen atoms in total. The molecule has 1 aliphatic heterocycles. The van der Waals surface area contributed by atoms with Gasteiger partial charge in [-0.3, -0.25) is 14.5 Å². The van der Waals surface area contributed by atoms with Gasteiger partial charge in [0.15, 0.2) is 0 Å². The number of rotatable bonds is 8. The van der Waals surface area contributed by atoms with Crippen molar-refractivity contribution in [2.45, 2.75) is 44.8 Å². The number of hydrogen-bond acceptors (Lipinski definition) is 5. The Bertz CT molecular complexity index is 1320. The minimum atomic E-state index is -0.334. The van der Waals surface area contributed by atoms with Crippen LogP contribution in [0.3, 0.4) is 0 Å². The predicted molar refractivity (Wildman–Crippen MR) is 155 cm³/mol. The number of halogens is 1. The number of thioether (sulfide) groups is 1. The first kappa shape index (κ1) is 28.2. The van der Waals surface area contributed by atoms with Crippen LogP contribution >= 0.6 is 23.4 Å². The number of hydrogen-bond donors (Lipinski definition) is 1. The smallest absolute Gasteiger partial charge is 0.240 e. The molecule has 0 saturated carbocycles. The van der Waals surface area contributed by atoms with Crippen molar-refractivity contribution in [1.82, 2.24) is 15.1 Å². The number of nitrogens with one attached hydrogen (secondary N) is 1. The third kappa shape index (κ3) is 5.92. The Labute approximate surface area is 233 Å². The van der Waals surface area contributed by atoms with Crippen LogP contribution in [0.15, 0.2) is 48.5 Å². The standard InChI is InChI=1S/C29H35ClN4O3S/c1-19-11-6-9-14-22(19)34-28-25(27(32-34)29(2,3)4)26(20-12-7-8-13-21(20)30)38-18-24(36)33(28)17-23(35)31-15-10-16-37-5/h6-9,11-14,26H,10,15-18H2,1-5H3,(H,31,35). The van der Waals surface area contributed by atoms with Crippen molar-refractivity contribution in [2.24, 2.45) is 0 Å². The molecule has 0 bridgehead atoms. The summed E-state index contributed by atoms with van der Waals surface area (Å²) in [6.45, 7) is 9.30. The molecule has 2 aromatic carbocycles. The number of nitrogens with zero attached hydrogens (tertiary/aromatic N) is 3. The van der Waals surface area contributed by atoms with Gasteiger partial charge in [-0.2, -0.15) is 5.10 Å². The minimum absolute atomic E-state index is 0.101. The summed E-state index contributed by atoms with van der Waals surface area (Å²) in [5.74, 6) is 0.458. The summed E-state index contributed by atoms with van der Waals surface area (Å²) >= 11 is 8.24. The molecule has 1 atom stereocenters. The van der Waals surface area contributed by atoms with Crippen LogP contribution in [0.25, 0.3) is 5.69 Å². The van der Waals surface area contributed by atoms with Crippen molar-refractivity contribution in [1.29, 1.82) is 0 Å². The Kier molecular flexibility index (Phi) is 8.85. The van der Waals surface area contributed by atoms with E-state index in [0.717, 1.165) is 28.1 Å². The molecule has 2 amide bonds. The first-order valence-electron chi connectivity index (χ1n) is 12.7. The van der Waals surface area contributed by atoms with Gasteiger partial charge in [-0.1, -0.05) is 68.8 Å². The molecule has 0 aliphatic carbocycles. The highest BCUT2D eigenvalue weighted by Crippen LogP contribution is 2.49. The Balaban J connectivity index is 1.93. The van der Waals surface area contributed by atoms with E-state index in [2.05, 4.69) is 26.1 Å². The third-order valence-corrected chi connectivity index (χ3v) is 8.06. The number of anilines is 1. The van der Waals surface area contributed by atoms with Crippen molar-refractivity contribution in [3.63, 3.8) is 0 Å². The molecule has 2 heterocycles. The molecule has 9 heteroatoms. The molecule has 1 aromatic heterocycles. The largest absolute Gasteiger partial charge is 0.385 e. The maximum atomic E-state index is 13.7. The predicted octanol–water partition coefficient (Wildman–Crippen LogP) is 5.45. The van der Waals surface area contributed by atoms with Gasteiger partial charge in [-0.15, -0.1) is 11.8 Å². The van der Waals surface area contributed by atoms with E-state index in [-0.39, 0.29) is 34.8 Å². The number of aromatic nitrogens is 2. The maximum absolute atomic E-state index is 13.7. The van der Waals surface area contributed by atoms with Gasteiger partial charge in [0.2, 0.25) is 11.8 Å². The SMILES string of the molecule is COCCCNC(=O)CN1C(=O)CSC(c2ccccc2Cl)c2c(C(C)(C)C)nn(-c3ccccc3C)c21. The van der Waals surface area contributed by atoms with E-state index in [4.69, 9.17) is 21.4 Å². The van der Waals surface area contributed by atoms with Gasteiger partial charge in [0, 0.05) is 36.3 Å². The highest BCUT2D eigenvalue weighted by atomic mass is 35.5. The number of amides is 2. The average Bonchev–Trinajstić information content (AvgIpc) is 3.21. The van der Waals surface area contributed by atoms with Crippen LogP contribution in [-0.4, -0.2) is 54.2 Å². The fraction of sp³-hybridized carbons (Fsp3) is 0.414. The number of benzene rings is 2. The van der Waals surface area contributed by atoms with E-state index >= 15 is 0 Å². The lowest BCUT2D eigenvalue weighted by molar-refractivity contribution is -0.122. The fourth-order valence-electron chi connectivity index (χ4n) is 4.62. The Hall–Kier alpha value is -2.81. The molecule has 0 radical (unpaired) electrons. The lowest BCUT2D eigenvalue weighted by Crippen LogP contribution is -2.42. The van der Waals surface area contributed by atoms with Crippen LogP contribution in [0.4, 0.5) is 5.82 Å². The van der Waals surface area contributed by atoms with Crippen LogP contribution in [0.5, 0.6) is 0 Å². The summed E-state index contributed by atoms with van der Waals surface area (Å²) in [6.07, 6.45) is 0.696. The summed E-state index contributed by atoms with van der Waals surface area (Å²) in [6, 6.07) is 15.7. The van der Waals surface area contributed by atoms with E-state index < -0.39 is 0 Å². The lowest BCUT2D eigenvalue weighted by atomic mass is 9.87. The first-order chi connectivity index (χ1) is 18.1. The average molecular weight is 555 g/mol. The van der Waals surface area contributed by atoms with Crippen LogP contribution < -0.4 is 10.2 Å². The Morgan fingerprint density at radius 1 is 1.18 bits per heavy atom. The van der Waals surface area contributed by atoms with E-state index in [1.807, 2.05) is 60.1 Å². The number of aryl methyl sites for hydroxylation is 1. The zero-order valence-electron chi connectivity index (χ0n) is 22.6. The number of methoxy groups -OCH3 is 1. The van der Waals surface area contributed by atoms with Crippen molar-refractivity contribution in [2.75, 3.05) is 37.5 Å². The van der Waals surface area contributed by atoms with Gasteiger partial charge < -0.3 is 10.1 Å². The highest BCUT2D eigenvalue weighted by molar-refractivity contribution is 8.00. The van der Waals surface area contributed by atoms with Gasteiger partial charge in [0.05, 0.1) is 22.4 Å². The van der Waals surface area contributed by atoms with Crippen LogP contribution in [-0.2, 0) is 19.7 Å². The number of carbonyl (C=O) groups excluding carboxylic acids is 2. The van der Waals surface area contributed by atoms with E-state index in [9.17, 15) is 9.59 Å². The number of para-hydroxylation sites is 1. The Morgan fingerprint density at radius 3 is 2.58 bits per heavy atom. The monoisotopic (exact) mass is 554 g/mol. The summed E-state index contributed by atoms with van der Waals surface area (Å²) in [4.78, 5) is 28.4. The molecule has 1 N–H and O–H groups in total. The number of ether oxygens (including phenoxy) is 1. The quantitative estimate of drug-likeness (QED) is 0.374. The van der Waals surface area contributed by atoms with Gasteiger partial charge in [0.1, 0.15) is 12.4 Å². The van der Waals surface area contributed by atoms with Gasteiger partial charge in [0.25, 0.3) is 0 Å². The molecule has 0 fully saturated rings. The normalized spacial score (nSPS) is 15.8. The van der Waals surface area contributed by atoms with Crippen molar-refractivity contribution in [3.8, 4) is 5.69 Å². The zero-order chi connectivity index (χ0) is 27.4. The molecule has 1 aliphatic rings. The molecule has 4 rings (SSSR count). The summed E-state index contributed by atoms with van der Waals surface area (Å²) in [5.41, 5.74) is 4.25. The summed E-state index contributed by atoms with van der Waals surface area (Å²) in [7, 11) is 1.63. The first-order valence-corrected chi connectivity index (χ1v) is 14.2. The van der Waals surface area contributed by atoms with Crippen molar-refractivity contribution >= 4 is 41.0 Å². The second kappa shape index (κ2) is 11.9. The molecule has 202 valence electrons. The highest BCUT2D eigenvalue weighted by Gasteiger charge is 2.40. The minimum Gasteiger partial charge on any atom is -0.385 e. The number of fused-ring (bicyclic) bond motifs is 1. The van der Waals surface area contributed by atoms with E-state index in [0.29, 0.717) is 30.4 Å².